The molecule has 1 aromatic heterocycles. The maximum absolute atomic E-state index is 12.9. The lowest BCUT2D eigenvalue weighted by molar-refractivity contribution is -0.0505. The van der Waals surface area contributed by atoms with Gasteiger partial charge in [0.2, 0.25) is 6.79 Å². The third-order valence-corrected chi connectivity index (χ3v) is 3.90. The molecule has 2 aromatic rings. The number of alkyl halides is 4. The summed E-state index contributed by atoms with van der Waals surface area (Å²) in [7, 11) is 0. The van der Waals surface area contributed by atoms with E-state index in [4.69, 9.17) is 9.47 Å². The van der Waals surface area contributed by atoms with E-state index in [2.05, 4.69) is 25.3 Å². The van der Waals surface area contributed by atoms with Crippen LogP contribution < -0.4 is 24.8 Å². The molecular formula is C17H20F4IN5O3. The summed E-state index contributed by atoms with van der Waals surface area (Å²) in [5, 5.41) is 5.82. The molecule has 13 heteroatoms. The lowest BCUT2D eigenvalue weighted by Gasteiger charge is -2.14. The molecule has 0 radical (unpaired) electrons. The molecular weight excluding hydrogens is 525 g/mol. The number of halogens is 5. The van der Waals surface area contributed by atoms with Crippen LogP contribution in [0.25, 0.3) is 0 Å². The van der Waals surface area contributed by atoms with E-state index in [1.165, 1.54) is 24.5 Å². The van der Waals surface area contributed by atoms with Gasteiger partial charge < -0.3 is 24.8 Å². The number of rotatable bonds is 8. The van der Waals surface area contributed by atoms with Gasteiger partial charge in [-0.15, -0.1) is 24.0 Å². The topological polar surface area (TPSA) is 81.9 Å². The molecule has 8 nitrogen and oxygen atoms in total. The number of nitrogens with one attached hydrogen (secondary N) is 2. The van der Waals surface area contributed by atoms with Crippen molar-refractivity contribution in [2.75, 3.05) is 13.3 Å². The quantitative estimate of drug-likeness (QED) is 0.229. The Kier molecular flexibility index (Phi) is 8.80. The van der Waals surface area contributed by atoms with Crippen LogP contribution in [0, 0.1) is 0 Å². The van der Waals surface area contributed by atoms with Gasteiger partial charge in [-0.25, -0.2) is 9.98 Å². The first-order valence-electron chi connectivity index (χ1n) is 8.67. The summed E-state index contributed by atoms with van der Waals surface area (Å²) in [5.74, 6) is 1.02. The number of benzene rings is 1. The van der Waals surface area contributed by atoms with Crippen molar-refractivity contribution in [3.05, 3.63) is 35.9 Å². The third kappa shape index (κ3) is 6.03. The molecule has 0 spiro atoms. The number of hydrogen-bond donors (Lipinski definition) is 2. The van der Waals surface area contributed by atoms with E-state index in [1.54, 1.807) is 0 Å². The van der Waals surface area contributed by atoms with Crippen LogP contribution in [0.5, 0.6) is 17.2 Å². The van der Waals surface area contributed by atoms with E-state index in [0.717, 1.165) is 4.57 Å². The van der Waals surface area contributed by atoms with Gasteiger partial charge in [-0.1, -0.05) is 0 Å². The number of imidazole rings is 1. The molecule has 2 N–H and O–H groups in total. The number of ether oxygens (including phenoxy) is 3. The summed E-state index contributed by atoms with van der Waals surface area (Å²) in [6.07, 6.45) is 2.44. The highest BCUT2D eigenvalue weighted by Crippen LogP contribution is 2.39. The van der Waals surface area contributed by atoms with Crippen molar-refractivity contribution in [1.29, 1.82) is 0 Å². The Bertz CT molecular complexity index is 866. The Labute approximate surface area is 186 Å². The van der Waals surface area contributed by atoms with E-state index in [-0.39, 0.29) is 61.4 Å². The van der Waals surface area contributed by atoms with Gasteiger partial charge >= 0.3 is 13.2 Å². The van der Waals surface area contributed by atoms with Crippen LogP contribution >= 0.6 is 24.0 Å². The van der Waals surface area contributed by atoms with Crippen molar-refractivity contribution in [3.8, 4) is 17.2 Å². The van der Waals surface area contributed by atoms with Crippen molar-refractivity contribution < 1.29 is 31.8 Å². The van der Waals surface area contributed by atoms with Crippen molar-refractivity contribution in [3.63, 3.8) is 0 Å². The Morgan fingerprint density at radius 1 is 1.23 bits per heavy atom. The van der Waals surface area contributed by atoms with Crippen LogP contribution in [0.2, 0.25) is 0 Å². The Morgan fingerprint density at radius 2 is 1.97 bits per heavy atom. The van der Waals surface area contributed by atoms with Gasteiger partial charge in [-0.05, 0) is 13.0 Å². The van der Waals surface area contributed by atoms with Gasteiger partial charge in [0, 0.05) is 30.6 Å². The van der Waals surface area contributed by atoms with Gasteiger partial charge in [0.1, 0.15) is 11.6 Å². The number of hydrogen-bond acceptors (Lipinski definition) is 5. The van der Waals surface area contributed by atoms with E-state index in [1.807, 2.05) is 6.92 Å². The van der Waals surface area contributed by atoms with Crippen LogP contribution in [0.1, 0.15) is 24.9 Å². The van der Waals surface area contributed by atoms with Crippen molar-refractivity contribution in [1.82, 2.24) is 20.2 Å². The standard InChI is InChI=1S/C17H19F4N5O3.HI/c1-2-22-17(25-8-14-23-3-4-26(14)15(18)19)24-7-10-5-12-13(28-9-27-12)6-11(10)29-16(20)21;/h3-6,15-16H,2,7-9H2,1H3,(H2,22,24,25);1H. The molecule has 0 saturated heterocycles. The summed E-state index contributed by atoms with van der Waals surface area (Å²) in [6, 6.07) is 2.83. The maximum Gasteiger partial charge on any atom is 0.387 e. The highest BCUT2D eigenvalue weighted by Gasteiger charge is 2.20. The summed E-state index contributed by atoms with van der Waals surface area (Å²) in [6.45, 7) is -3.46. The number of nitrogens with zero attached hydrogens (tertiary/aromatic N) is 3. The zero-order valence-electron chi connectivity index (χ0n) is 15.8. The Balaban J connectivity index is 0.00000320. The lowest BCUT2D eigenvalue weighted by Crippen LogP contribution is -2.37. The number of fused-ring (bicyclic) bond motifs is 1. The molecule has 0 amide bonds. The van der Waals surface area contributed by atoms with Crippen molar-refractivity contribution in [2.45, 2.75) is 33.2 Å². The van der Waals surface area contributed by atoms with Crippen LogP contribution in [-0.4, -0.2) is 35.5 Å². The van der Waals surface area contributed by atoms with Crippen LogP contribution in [0.3, 0.4) is 0 Å². The van der Waals surface area contributed by atoms with Crippen LogP contribution in [0.15, 0.2) is 29.5 Å². The second kappa shape index (κ2) is 11.1. The lowest BCUT2D eigenvalue weighted by atomic mass is 10.1. The molecule has 30 heavy (non-hydrogen) atoms. The first-order valence-corrected chi connectivity index (χ1v) is 8.67. The van der Waals surface area contributed by atoms with Crippen LogP contribution in [0.4, 0.5) is 17.6 Å². The van der Waals surface area contributed by atoms with Gasteiger partial charge in [0.15, 0.2) is 17.5 Å². The molecule has 2 heterocycles. The first kappa shape index (κ1) is 23.8. The Morgan fingerprint density at radius 3 is 2.63 bits per heavy atom. The molecule has 0 aliphatic carbocycles. The second-order valence-electron chi connectivity index (χ2n) is 5.77. The third-order valence-electron chi connectivity index (χ3n) is 3.90. The first-order chi connectivity index (χ1) is 14.0. The zero-order valence-corrected chi connectivity index (χ0v) is 18.1. The minimum Gasteiger partial charge on any atom is -0.454 e. The van der Waals surface area contributed by atoms with Crippen LogP contribution in [-0.2, 0) is 13.1 Å². The summed E-state index contributed by atoms with van der Waals surface area (Å²) in [4.78, 5) is 8.18. The maximum atomic E-state index is 12.9. The molecule has 166 valence electrons. The molecule has 0 atom stereocenters. The molecule has 0 fully saturated rings. The summed E-state index contributed by atoms with van der Waals surface area (Å²) >= 11 is 0. The highest BCUT2D eigenvalue weighted by atomic mass is 127. The fourth-order valence-electron chi connectivity index (χ4n) is 2.62. The average molecular weight is 545 g/mol. The average Bonchev–Trinajstić information content (AvgIpc) is 3.32. The molecule has 0 unspecified atom stereocenters. The number of aromatic nitrogens is 2. The van der Waals surface area contributed by atoms with E-state index >= 15 is 0 Å². The molecule has 1 aliphatic heterocycles. The van der Waals surface area contributed by atoms with Crippen molar-refractivity contribution >= 4 is 29.9 Å². The number of aliphatic imine (C=N–C) groups is 1. The van der Waals surface area contributed by atoms with E-state index in [0.29, 0.717) is 23.6 Å². The fraction of sp³-hybridized carbons (Fsp3) is 0.412. The van der Waals surface area contributed by atoms with Crippen molar-refractivity contribution in [2.24, 2.45) is 4.99 Å². The van der Waals surface area contributed by atoms with E-state index in [9.17, 15) is 17.6 Å². The second-order valence-corrected chi connectivity index (χ2v) is 5.77. The molecule has 1 aliphatic rings. The predicted molar refractivity (Wildman–Crippen MR) is 110 cm³/mol. The predicted octanol–water partition coefficient (Wildman–Crippen LogP) is 3.48. The summed E-state index contributed by atoms with van der Waals surface area (Å²) in [5.41, 5.74) is 0.348. The smallest absolute Gasteiger partial charge is 0.387 e. The zero-order chi connectivity index (χ0) is 20.8. The molecule has 0 bridgehead atoms. The minimum atomic E-state index is -3.02. The molecule has 1 aromatic carbocycles. The normalized spacial score (nSPS) is 12.8. The summed E-state index contributed by atoms with van der Waals surface area (Å²) < 4.78 is 67.0. The fourth-order valence-corrected chi connectivity index (χ4v) is 2.62. The molecule has 0 saturated carbocycles. The van der Waals surface area contributed by atoms with Gasteiger partial charge in [0.25, 0.3) is 0 Å². The van der Waals surface area contributed by atoms with Gasteiger partial charge in [-0.2, -0.15) is 17.6 Å². The van der Waals surface area contributed by atoms with Gasteiger partial charge in [0.05, 0.1) is 13.1 Å². The Hall–Kier alpha value is -2.45. The van der Waals surface area contributed by atoms with E-state index < -0.39 is 13.2 Å². The minimum absolute atomic E-state index is 0. The monoisotopic (exact) mass is 545 g/mol. The van der Waals surface area contributed by atoms with Gasteiger partial charge in [-0.3, -0.25) is 4.57 Å². The largest absolute Gasteiger partial charge is 0.454 e. The number of guanidine groups is 1. The molecule has 3 rings (SSSR count). The highest BCUT2D eigenvalue weighted by molar-refractivity contribution is 14.0. The SMILES string of the molecule is CCNC(=NCc1cc2c(cc1OC(F)F)OCO2)NCc1nccn1C(F)F.I.